The lowest BCUT2D eigenvalue weighted by atomic mass is 10.1. The number of nitrogens with zero attached hydrogens (tertiary/aromatic N) is 3. The Morgan fingerprint density at radius 2 is 2.17 bits per heavy atom. The van der Waals surface area contributed by atoms with Crippen molar-refractivity contribution in [1.82, 2.24) is 15.0 Å². The zero-order valence-electron chi connectivity index (χ0n) is 12.5. The van der Waals surface area contributed by atoms with Crippen molar-refractivity contribution in [2.75, 3.05) is 0 Å². The Kier molecular flexibility index (Phi) is 3.93. The van der Waals surface area contributed by atoms with Crippen LogP contribution in [0, 0.1) is 18.3 Å². The summed E-state index contributed by atoms with van der Waals surface area (Å²) in [6.45, 7) is 1.74. The fourth-order valence-corrected chi connectivity index (χ4v) is 3.00. The van der Waals surface area contributed by atoms with Crippen molar-refractivity contribution in [3.63, 3.8) is 0 Å². The van der Waals surface area contributed by atoms with Crippen molar-refractivity contribution in [3.8, 4) is 27.9 Å². The third kappa shape index (κ3) is 2.80. The number of hydrogen-bond donors (Lipinski definition) is 2. The number of carbonyl (C=O) groups excluding carboxylic acids is 1. The number of primary amides is 1. The molecule has 3 aromatic rings. The maximum absolute atomic E-state index is 11.6. The van der Waals surface area contributed by atoms with Gasteiger partial charge in [0.2, 0.25) is 5.91 Å². The Labute approximate surface area is 140 Å². The van der Waals surface area contributed by atoms with Crippen LogP contribution in [0.25, 0.3) is 21.8 Å². The predicted octanol–water partition coefficient (Wildman–Crippen LogP) is 1.84. The molecule has 118 valence electrons. The van der Waals surface area contributed by atoms with Crippen LogP contribution in [0.4, 0.5) is 0 Å². The summed E-state index contributed by atoms with van der Waals surface area (Å²) in [5.74, 6) is -0.559. The Morgan fingerprint density at radius 1 is 1.38 bits per heavy atom. The lowest BCUT2D eigenvalue weighted by Gasteiger charge is -2.03. The van der Waals surface area contributed by atoms with Gasteiger partial charge in [-0.1, -0.05) is 0 Å². The summed E-state index contributed by atoms with van der Waals surface area (Å²) in [6.07, 6.45) is 2.99. The Bertz CT molecular complexity index is 1050. The summed E-state index contributed by atoms with van der Waals surface area (Å²) in [4.78, 5) is 34.0. The number of aromatic nitrogens is 3. The van der Waals surface area contributed by atoms with Crippen LogP contribution in [-0.4, -0.2) is 20.9 Å². The Balaban J connectivity index is 2.06. The molecule has 0 aliphatic heterocycles. The first-order chi connectivity index (χ1) is 11.5. The molecule has 0 aromatic carbocycles. The van der Waals surface area contributed by atoms with Crippen molar-refractivity contribution in [2.45, 2.75) is 6.92 Å². The third-order valence-corrected chi connectivity index (χ3v) is 4.30. The fraction of sp³-hybridized carbons (Fsp3) is 0.0625. The Morgan fingerprint density at radius 3 is 2.88 bits per heavy atom. The zero-order valence-corrected chi connectivity index (χ0v) is 13.3. The van der Waals surface area contributed by atoms with E-state index < -0.39 is 11.5 Å². The SMILES string of the molecule is Cc1[nH]c(=O)c(C#N)cc1-c1csc(-c2cncc(C(N)=O)c2)n1. The molecular weight excluding hydrogens is 326 g/mol. The first-order valence-corrected chi connectivity index (χ1v) is 7.72. The number of rotatable bonds is 3. The van der Waals surface area contributed by atoms with Gasteiger partial charge in [0.05, 0.1) is 11.3 Å². The number of nitriles is 1. The summed E-state index contributed by atoms with van der Waals surface area (Å²) < 4.78 is 0. The molecule has 7 nitrogen and oxygen atoms in total. The number of thiazole rings is 1. The normalized spacial score (nSPS) is 10.3. The molecule has 3 heterocycles. The number of amides is 1. The first kappa shape index (κ1) is 15.6. The van der Waals surface area contributed by atoms with Crippen LogP contribution in [0.5, 0.6) is 0 Å². The molecule has 0 fully saturated rings. The number of aromatic amines is 1. The van der Waals surface area contributed by atoms with E-state index in [-0.39, 0.29) is 5.56 Å². The van der Waals surface area contributed by atoms with Gasteiger partial charge in [0.15, 0.2) is 0 Å². The van der Waals surface area contributed by atoms with Gasteiger partial charge < -0.3 is 10.7 Å². The molecule has 0 unspecified atom stereocenters. The van der Waals surface area contributed by atoms with E-state index in [1.165, 1.54) is 23.6 Å². The van der Waals surface area contributed by atoms with Gasteiger partial charge in [0.25, 0.3) is 5.56 Å². The highest BCUT2D eigenvalue weighted by atomic mass is 32.1. The molecule has 0 radical (unpaired) electrons. The first-order valence-electron chi connectivity index (χ1n) is 6.84. The van der Waals surface area contributed by atoms with Crippen molar-refractivity contribution in [1.29, 1.82) is 5.26 Å². The second-order valence-corrected chi connectivity index (χ2v) is 5.89. The van der Waals surface area contributed by atoms with Gasteiger partial charge in [-0.25, -0.2) is 4.98 Å². The van der Waals surface area contributed by atoms with Crippen molar-refractivity contribution in [3.05, 3.63) is 57.1 Å². The molecule has 0 bridgehead atoms. The maximum Gasteiger partial charge on any atom is 0.266 e. The highest BCUT2D eigenvalue weighted by Gasteiger charge is 2.13. The molecule has 0 aliphatic rings. The van der Waals surface area contributed by atoms with Crippen molar-refractivity contribution in [2.24, 2.45) is 5.73 Å². The van der Waals surface area contributed by atoms with Crippen LogP contribution in [0.1, 0.15) is 21.6 Å². The van der Waals surface area contributed by atoms with Gasteiger partial charge in [-0.2, -0.15) is 5.26 Å². The second-order valence-electron chi connectivity index (χ2n) is 5.03. The van der Waals surface area contributed by atoms with Gasteiger partial charge in [0.1, 0.15) is 16.6 Å². The van der Waals surface area contributed by atoms with Crippen molar-refractivity contribution >= 4 is 17.2 Å². The molecule has 3 N–H and O–H groups in total. The minimum atomic E-state index is -0.559. The molecule has 0 atom stereocenters. The van der Waals surface area contributed by atoms with E-state index >= 15 is 0 Å². The van der Waals surface area contributed by atoms with E-state index in [0.29, 0.717) is 33.1 Å². The number of nitrogens with one attached hydrogen (secondary N) is 1. The highest BCUT2D eigenvalue weighted by Crippen LogP contribution is 2.29. The maximum atomic E-state index is 11.6. The van der Waals surface area contributed by atoms with E-state index in [0.717, 1.165) is 0 Å². The topological polar surface area (TPSA) is 126 Å². The van der Waals surface area contributed by atoms with Crippen LogP contribution in [0.15, 0.2) is 34.7 Å². The number of H-pyrrole nitrogens is 1. The largest absolute Gasteiger partial charge is 0.366 e. The van der Waals surface area contributed by atoms with Gasteiger partial charge in [-0.3, -0.25) is 14.6 Å². The predicted molar refractivity (Wildman–Crippen MR) is 89.4 cm³/mol. The lowest BCUT2D eigenvalue weighted by molar-refractivity contribution is 0.1000. The standard InChI is InChI=1S/C16H11N5O2S/c1-8-12(3-9(4-17)15(23)20-8)13-7-24-16(21-13)11-2-10(14(18)22)5-19-6-11/h2-3,5-7H,1H3,(H2,18,22)(H,20,23). The van der Waals surface area contributed by atoms with Gasteiger partial charge >= 0.3 is 0 Å². The minimum absolute atomic E-state index is 0.0301. The summed E-state index contributed by atoms with van der Waals surface area (Å²) in [5, 5.41) is 11.5. The number of nitrogens with two attached hydrogens (primary N) is 1. The molecule has 0 saturated carbocycles. The van der Waals surface area contributed by atoms with Crippen molar-refractivity contribution < 1.29 is 4.79 Å². The summed E-state index contributed by atoms with van der Waals surface area (Å²) >= 11 is 1.37. The summed E-state index contributed by atoms with van der Waals surface area (Å²) in [7, 11) is 0. The fourth-order valence-electron chi connectivity index (χ4n) is 2.19. The summed E-state index contributed by atoms with van der Waals surface area (Å²) in [5.41, 5.74) is 7.77. The number of carbonyl (C=O) groups is 1. The van der Waals surface area contributed by atoms with Crippen LogP contribution in [-0.2, 0) is 0 Å². The lowest BCUT2D eigenvalue weighted by Crippen LogP contribution is -2.12. The smallest absolute Gasteiger partial charge is 0.266 e. The molecule has 1 amide bonds. The van der Waals surface area contributed by atoms with Gasteiger partial charge in [-0.15, -0.1) is 11.3 Å². The van der Waals surface area contributed by atoms with E-state index in [9.17, 15) is 9.59 Å². The van der Waals surface area contributed by atoms with Gasteiger partial charge in [-0.05, 0) is 19.1 Å². The van der Waals surface area contributed by atoms with E-state index in [4.69, 9.17) is 11.0 Å². The van der Waals surface area contributed by atoms with Crippen LogP contribution in [0.2, 0.25) is 0 Å². The molecular formula is C16H11N5O2S. The third-order valence-electron chi connectivity index (χ3n) is 3.41. The quantitative estimate of drug-likeness (QED) is 0.754. The number of pyridine rings is 2. The van der Waals surface area contributed by atoms with E-state index in [2.05, 4.69) is 15.0 Å². The van der Waals surface area contributed by atoms with Crippen LogP contribution in [0.3, 0.4) is 0 Å². The van der Waals surface area contributed by atoms with E-state index in [1.807, 2.05) is 11.4 Å². The summed E-state index contributed by atoms with van der Waals surface area (Å²) in [6, 6.07) is 5.00. The van der Waals surface area contributed by atoms with Crippen LogP contribution < -0.4 is 11.3 Å². The van der Waals surface area contributed by atoms with Crippen LogP contribution >= 0.6 is 11.3 Å². The monoisotopic (exact) mass is 337 g/mol. The Hall–Kier alpha value is -3.31. The van der Waals surface area contributed by atoms with Gasteiger partial charge in [0, 0.05) is 34.6 Å². The molecule has 0 spiro atoms. The minimum Gasteiger partial charge on any atom is -0.366 e. The molecule has 24 heavy (non-hydrogen) atoms. The highest BCUT2D eigenvalue weighted by molar-refractivity contribution is 7.13. The number of aryl methyl sites for hydroxylation is 1. The zero-order chi connectivity index (χ0) is 17.3. The second kappa shape index (κ2) is 6.06. The molecule has 3 aromatic heterocycles. The molecule has 0 saturated heterocycles. The number of hydrogen-bond acceptors (Lipinski definition) is 6. The molecule has 0 aliphatic carbocycles. The van der Waals surface area contributed by atoms with E-state index in [1.54, 1.807) is 19.2 Å². The molecule has 8 heteroatoms. The molecule has 3 rings (SSSR count). The average molecular weight is 337 g/mol. The average Bonchev–Trinajstić information content (AvgIpc) is 3.05.